The van der Waals surface area contributed by atoms with Gasteiger partial charge in [-0.1, -0.05) is 36.4 Å². The molecule has 0 radical (unpaired) electrons. The van der Waals surface area contributed by atoms with Crippen molar-refractivity contribution in [3.05, 3.63) is 90.9 Å². The van der Waals surface area contributed by atoms with Crippen LogP contribution in [0.15, 0.2) is 90.3 Å². The van der Waals surface area contributed by atoms with Gasteiger partial charge in [0.2, 0.25) is 5.96 Å². The molecule has 2 aromatic carbocycles. The van der Waals surface area contributed by atoms with Crippen molar-refractivity contribution in [2.24, 2.45) is 10.7 Å². The molecule has 2 aromatic heterocycles. The standard InChI is InChI=1S/C22H18N6/c23-22(17-11-15-5-1-3-7-19(15)25-13-17)9-10-24-21(28-22)27-18-12-16-6-2-4-8-20(16)26-14-18/h1-14H,23H2,(H2,24,27,28). The maximum absolute atomic E-state index is 6.60. The van der Waals surface area contributed by atoms with Gasteiger partial charge in [0.1, 0.15) is 0 Å². The molecule has 0 saturated heterocycles. The van der Waals surface area contributed by atoms with E-state index in [1.807, 2.05) is 66.7 Å². The molecule has 28 heavy (non-hydrogen) atoms. The van der Waals surface area contributed by atoms with Gasteiger partial charge in [-0.2, -0.15) is 0 Å². The molecule has 1 unspecified atom stereocenters. The van der Waals surface area contributed by atoms with Crippen LogP contribution in [0.1, 0.15) is 5.56 Å². The van der Waals surface area contributed by atoms with E-state index in [9.17, 15) is 0 Å². The molecule has 0 fully saturated rings. The lowest BCUT2D eigenvalue weighted by molar-refractivity contribution is 0.581. The maximum atomic E-state index is 6.60. The summed E-state index contributed by atoms with van der Waals surface area (Å²) in [6, 6.07) is 20.0. The van der Waals surface area contributed by atoms with Crippen LogP contribution in [0.3, 0.4) is 0 Å². The fourth-order valence-electron chi connectivity index (χ4n) is 3.29. The molecule has 0 aliphatic carbocycles. The molecule has 6 nitrogen and oxygen atoms in total. The predicted octanol–water partition coefficient (Wildman–Crippen LogP) is 3.48. The second kappa shape index (κ2) is 6.44. The summed E-state index contributed by atoms with van der Waals surface area (Å²) < 4.78 is 0. The van der Waals surface area contributed by atoms with Gasteiger partial charge in [-0.25, -0.2) is 4.99 Å². The summed E-state index contributed by atoms with van der Waals surface area (Å²) in [5, 5.41) is 8.45. The Morgan fingerprint density at radius 2 is 1.54 bits per heavy atom. The van der Waals surface area contributed by atoms with E-state index in [-0.39, 0.29) is 0 Å². The molecule has 0 amide bonds. The lowest BCUT2D eigenvalue weighted by Gasteiger charge is -2.27. The smallest absolute Gasteiger partial charge is 0.202 e. The van der Waals surface area contributed by atoms with Crippen molar-refractivity contribution in [2.45, 2.75) is 5.66 Å². The molecule has 0 spiro atoms. The Morgan fingerprint density at radius 3 is 2.32 bits per heavy atom. The average molecular weight is 366 g/mol. The summed E-state index contributed by atoms with van der Waals surface area (Å²) >= 11 is 0. The summed E-state index contributed by atoms with van der Waals surface area (Å²) in [7, 11) is 0. The number of rotatable bonds is 2. The predicted molar refractivity (Wildman–Crippen MR) is 113 cm³/mol. The maximum Gasteiger partial charge on any atom is 0.202 e. The zero-order chi connectivity index (χ0) is 19.0. The van der Waals surface area contributed by atoms with Crippen molar-refractivity contribution in [1.29, 1.82) is 0 Å². The monoisotopic (exact) mass is 366 g/mol. The van der Waals surface area contributed by atoms with E-state index < -0.39 is 5.66 Å². The first-order chi connectivity index (χ1) is 13.7. The van der Waals surface area contributed by atoms with Crippen LogP contribution >= 0.6 is 0 Å². The Hall–Kier alpha value is -3.77. The van der Waals surface area contributed by atoms with Crippen LogP contribution in [0.25, 0.3) is 21.8 Å². The first-order valence-electron chi connectivity index (χ1n) is 9.00. The van der Waals surface area contributed by atoms with Gasteiger partial charge in [-0.3, -0.25) is 15.7 Å². The summed E-state index contributed by atoms with van der Waals surface area (Å²) in [6.07, 6.45) is 7.17. The van der Waals surface area contributed by atoms with Gasteiger partial charge in [-0.15, -0.1) is 0 Å². The number of aromatic nitrogens is 2. The molecule has 3 heterocycles. The number of benzene rings is 2. The Kier molecular flexibility index (Phi) is 3.77. The number of nitrogens with zero attached hydrogens (tertiary/aromatic N) is 3. The molecule has 136 valence electrons. The van der Waals surface area contributed by atoms with Gasteiger partial charge in [0, 0.05) is 28.7 Å². The minimum Gasteiger partial charge on any atom is -0.333 e. The van der Waals surface area contributed by atoms with E-state index >= 15 is 0 Å². The van der Waals surface area contributed by atoms with Crippen LogP contribution in [-0.4, -0.2) is 15.9 Å². The third-order valence-electron chi connectivity index (χ3n) is 4.76. The normalized spacial score (nSPS) is 18.7. The Morgan fingerprint density at radius 1 is 0.857 bits per heavy atom. The van der Waals surface area contributed by atoms with Crippen molar-refractivity contribution in [1.82, 2.24) is 15.3 Å². The van der Waals surface area contributed by atoms with Crippen LogP contribution in [0.4, 0.5) is 5.69 Å². The van der Waals surface area contributed by atoms with E-state index in [4.69, 9.17) is 5.73 Å². The molecule has 4 aromatic rings. The number of nitrogens with two attached hydrogens (primary N) is 1. The largest absolute Gasteiger partial charge is 0.333 e. The SMILES string of the molecule is NC1(c2cnc3ccccc3c2)C=CNC(Nc2cnc3ccccc3c2)=N1. The van der Waals surface area contributed by atoms with Gasteiger partial charge < -0.3 is 10.6 Å². The molecular weight excluding hydrogens is 348 g/mol. The first kappa shape index (κ1) is 16.4. The highest BCUT2D eigenvalue weighted by molar-refractivity contribution is 5.96. The fourth-order valence-corrected chi connectivity index (χ4v) is 3.29. The van der Waals surface area contributed by atoms with Crippen molar-refractivity contribution < 1.29 is 0 Å². The van der Waals surface area contributed by atoms with Crippen LogP contribution in [-0.2, 0) is 5.66 Å². The molecule has 5 rings (SSSR count). The molecule has 1 aliphatic rings. The van der Waals surface area contributed by atoms with E-state index in [1.165, 1.54) is 0 Å². The molecule has 6 heteroatoms. The number of pyridine rings is 2. The second-order valence-electron chi connectivity index (χ2n) is 6.72. The average Bonchev–Trinajstić information content (AvgIpc) is 2.73. The first-order valence-corrected chi connectivity index (χ1v) is 9.00. The van der Waals surface area contributed by atoms with Gasteiger partial charge >= 0.3 is 0 Å². The van der Waals surface area contributed by atoms with Crippen molar-refractivity contribution >= 4 is 33.5 Å². The summed E-state index contributed by atoms with van der Waals surface area (Å²) in [5.74, 6) is 0.551. The number of anilines is 1. The highest BCUT2D eigenvalue weighted by Crippen LogP contribution is 2.26. The van der Waals surface area contributed by atoms with Gasteiger partial charge in [-0.05, 0) is 30.3 Å². The molecule has 0 bridgehead atoms. The quantitative estimate of drug-likeness (QED) is 0.505. The number of hydrogen-bond donors (Lipinski definition) is 3. The number of fused-ring (bicyclic) bond motifs is 2. The van der Waals surface area contributed by atoms with E-state index in [2.05, 4.69) is 25.6 Å². The lowest BCUT2D eigenvalue weighted by Crippen LogP contribution is -2.41. The Bertz CT molecular complexity index is 1250. The van der Waals surface area contributed by atoms with Gasteiger partial charge in [0.05, 0.1) is 22.9 Å². The minimum absolute atomic E-state index is 0.551. The van der Waals surface area contributed by atoms with E-state index in [0.29, 0.717) is 5.96 Å². The fraction of sp³-hybridized carbons (Fsp3) is 0.0455. The van der Waals surface area contributed by atoms with Crippen molar-refractivity contribution in [2.75, 3.05) is 5.32 Å². The third-order valence-corrected chi connectivity index (χ3v) is 4.76. The zero-order valence-corrected chi connectivity index (χ0v) is 15.0. The molecular formula is C22H18N6. The van der Waals surface area contributed by atoms with Crippen LogP contribution in [0.2, 0.25) is 0 Å². The molecule has 4 N–H and O–H groups in total. The van der Waals surface area contributed by atoms with Crippen LogP contribution in [0, 0.1) is 0 Å². The summed E-state index contributed by atoms with van der Waals surface area (Å²) in [5.41, 5.74) is 9.12. The lowest BCUT2D eigenvalue weighted by atomic mass is 10.0. The van der Waals surface area contributed by atoms with Gasteiger partial charge in [0.15, 0.2) is 5.66 Å². The second-order valence-corrected chi connectivity index (χ2v) is 6.72. The van der Waals surface area contributed by atoms with Crippen molar-refractivity contribution in [3.63, 3.8) is 0 Å². The Balaban J connectivity index is 1.48. The number of nitrogens with one attached hydrogen (secondary N) is 2. The zero-order valence-electron chi connectivity index (χ0n) is 15.0. The minimum atomic E-state index is -1.01. The topological polar surface area (TPSA) is 88.2 Å². The van der Waals surface area contributed by atoms with E-state index in [0.717, 1.165) is 33.1 Å². The number of para-hydroxylation sites is 2. The highest BCUT2D eigenvalue weighted by atomic mass is 15.2. The molecule has 1 atom stereocenters. The summed E-state index contributed by atoms with van der Waals surface area (Å²) in [4.78, 5) is 13.7. The number of guanidine groups is 1. The highest BCUT2D eigenvalue weighted by Gasteiger charge is 2.27. The Labute approximate surface area is 161 Å². The van der Waals surface area contributed by atoms with Crippen LogP contribution < -0.4 is 16.4 Å². The van der Waals surface area contributed by atoms with Crippen LogP contribution in [0.5, 0.6) is 0 Å². The third kappa shape index (κ3) is 2.95. The van der Waals surface area contributed by atoms with Gasteiger partial charge in [0.25, 0.3) is 0 Å². The number of aliphatic imine (C=N–C) groups is 1. The molecule has 0 saturated carbocycles. The van der Waals surface area contributed by atoms with E-state index in [1.54, 1.807) is 18.6 Å². The van der Waals surface area contributed by atoms with Crippen molar-refractivity contribution in [3.8, 4) is 0 Å². The molecule has 1 aliphatic heterocycles. The summed E-state index contributed by atoms with van der Waals surface area (Å²) in [6.45, 7) is 0. The number of hydrogen-bond acceptors (Lipinski definition) is 6.